The normalized spacial score (nSPS) is 22.0. The highest BCUT2D eigenvalue weighted by Gasteiger charge is 2.35. The van der Waals surface area contributed by atoms with E-state index in [2.05, 4.69) is 46.1 Å². The highest BCUT2D eigenvalue weighted by Crippen LogP contribution is 2.42. The second kappa shape index (κ2) is 6.00. The zero-order chi connectivity index (χ0) is 14.7. The van der Waals surface area contributed by atoms with Crippen LogP contribution < -0.4 is 4.90 Å². The molecule has 1 aromatic rings. The quantitative estimate of drug-likeness (QED) is 0.632. The highest BCUT2D eigenvalue weighted by molar-refractivity contribution is 5.51. The van der Waals surface area contributed by atoms with Crippen LogP contribution in [-0.4, -0.2) is 44.2 Å². The monoisotopic (exact) mass is 285 g/mol. The van der Waals surface area contributed by atoms with Gasteiger partial charge in [-0.05, 0) is 37.6 Å². The van der Waals surface area contributed by atoms with Crippen LogP contribution in [0, 0.1) is 0 Å². The van der Waals surface area contributed by atoms with E-state index in [0.29, 0.717) is 0 Å². The van der Waals surface area contributed by atoms with E-state index in [0.717, 1.165) is 51.9 Å². The van der Waals surface area contributed by atoms with Crippen LogP contribution >= 0.6 is 0 Å². The van der Waals surface area contributed by atoms with Gasteiger partial charge in [0.1, 0.15) is 0 Å². The number of nitrogens with zero attached hydrogens (tertiary/aromatic N) is 3. The van der Waals surface area contributed by atoms with Crippen molar-refractivity contribution in [2.75, 3.05) is 38.1 Å². The van der Waals surface area contributed by atoms with Gasteiger partial charge in [-0.3, -0.25) is 0 Å². The minimum Gasteiger partial charge on any atom is -0.369 e. The fourth-order valence-corrected chi connectivity index (χ4v) is 3.57. The van der Waals surface area contributed by atoms with Gasteiger partial charge < -0.3 is 9.80 Å². The number of carbonyl (C=O) groups excluding carboxylic acids is 1. The Morgan fingerprint density at radius 1 is 1.14 bits per heavy atom. The minimum atomic E-state index is -0.315. The van der Waals surface area contributed by atoms with Gasteiger partial charge in [-0.15, -0.1) is 0 Å². The summed E-state index contributed by atoms with van der Waals surface area (Å²) in [5.74, 6) is 0. The summed E-state index contributed by atoms with van der Waals surface area (Å²) in [7, 11) is 2.17. The molecule has 4 nitrogen and oxygen atoms in total. The molecule has 0 N–H and O–H groups in total. The number of hydrogen-bond donors (Lipinski definition) is 0. The molecule has 0 spiro atoms. The van der Waals surface area contributed by atoms with Gasteiger partial charge >= 0.3 is 0 Å². The average molecular weight is 285 g/mol. The smallest absolute Gasteiger partial charge is 0.235 e. The van der Waals surface area contributed by atoms with Crippen LogP contribution in [0.1, 0.15) is 31.2 Å². The molecule has 2 fully saturated rings. The molecule has 4 heteroatoms. The fourth-order valence-electron chi connectivity index (χ4n) is 3.57. The summed E-state index contributed by atoms with van der Waals surface area (Å²) >= 11 is 0. The second-order valence-electron chi connectivity index (χ2n) is 6.28. The lowest BCUT2D eigenvalue weighted by atomic mass is 9.88. The average Bonchev–Trinajstić information content (AvgIpc) is 2.98. The Labute approximate surface area is 126 Å². The SMILES string of the molecule is CN1CCN(c2cccc(C3(N=C=O)CCCC3)c2)CC1. The first-order valence-electron chi connectivity index (χ1n) is 7.87. The van der Waals surface area contributed by atoms with Crippen LogP contribution in [0.25, 0.3) is 0 Å². The molecule has 112 valence electrons. The molecule has 1 saturated carbocycles. The Balaban J connectivity index is 1.87. The first kappa shape index (κ1) is 14.3. The van der Waals surface area contributed by atoms with Gasteiger partial charge in [0, 0.05) is 31.9 Å². The molecule has 1 aliphatic heterocycles. The van der Waals surface area contributed by atoms with Crippen LogP contribution in [0.4, 0.5) is 5.69 Å². The predicted octanol–water partition coefficient (Wildman–Crippen LogP) is 2.54. The van der Waals surface area contributed by atoms with Gasteiger partial charge in [0.2, 0.25) is 6.08 Å². The van der Waals surface area contributed by atoms with E-state index in [-0.39, 0.29) is 5.54 Å². The van der Waals surface area contributed by atoms with Crippen molar-refractivity contribution in [2.45, 2.75) is 31.2 Å². The molecule has 1 aliphatic carbocycles. The third kappa shape index (κ3) is 2.87. The number of benzene rings is 1. The van der Waals surface area contributed by atoms with Crippen LogP contribution in [0.5, 0.6) is 0 Å². The number of isocyanates is 1. The number of likely N-dealkylation sites (N-methyl/N-ethyl adjacent to an activating group) is 1. The van der Waals surface area contributed by atoms with Crippen molar-refractivity contribution < 1.29 is 4.79 Å². The Bertz CT molecular complexity index is 537. The van der Waals surface area contributed by atoms with E-state index >= 15 is 0 Å². The third-order valence-electron chi connectivity index (χ3n) is 4.94. The first-order valence-corrected chi connectivity index (χ1v) is 7.87. The molecule has 1 heterocycles. The van der Waals surface area contributed by atoms with Crippen molar-refractivity contribution in [2.24, 2.45) is 4.99 Å². The Hall–Kier alpha value is -1.64. The molecule has 3 rings (SSSR count). The van der Waals surface area contributed by atoms with Crippen LogP contribution in [0.15, 0.2) is 29.3 Å². The van der Waals surface area contributed by atoms with Crippen molar-refractivity contribution in [3.05, 3.63) is 29.8 Å². The number of hydrogen-bond acceptors (Lipinski definition) is 4. The highest BCUT2D eigenvalue weighted by atomic mass is 16.1. The lowest BCUT2D eigenvalue weighted by Gasteiger charge is -2.35. The molecule has 0 amide bonds. The van der Waals surface area contributed by atoms with Crippen LogP contribution in [-0.2, 0) is 10.3 Å². The summed E-state index contributed by atoms with van der Waals surface area (Å²) in [6, 6.07) is 8.62. The summed E-state index contributed by atoms with van der Waals surface area (Å²) in [6.07, 6.45) is 6.03. The minimum absolute atomic E-state index is 0.315. The summed E-state index contributed by atoms with van der Waals surface area (Å²) in [6.45, 7) is 4.32. The van der Waals surface area contributed by atoms with Gasteiger partial charge in [0.05, 0.1) is 5.54 Å². The Morgan fingerprint density at radius 3 is 2.52 bits per heavy atom. The number of piperazine rings is 1. The summed E-state index contributed by atoms with van der Waals surface area (Å²) in [5.41, 5.74) is 2.12. The molecule has 0 radical (unpaired) electrons. The van der Waals surface area contributed by atoms with Crippen molar-refractivity contribution in [3.8, 4) is 0 Å². The van der Waals surface area contributed by atoms with E-state index in [1.807, 2.05) is 6.08 Å². The topological polar surface area (TPSA) is 35.9 Å². The van der Waals surface area contributed by atoms with Crippen LogP contribution in [0.3, 0.4) is 0 Å². The molecular weight excluding hydrogens is 262 g/mol. The molecule has 21 heavy (non-hydrogen) atoms. The predicted molar refractivity (Wildman–Crippen MR) is 84.4 cm³/mol. The van der Waals surface area contributed by atoms with E-state index in [9.17, 15) is 4.79 Å². The summed E-state index contributed by atoms with van der Waals surface area (Å²) in [5, 5.41) is 0. The molecular formula is C17H23N3O. The summed E-state index contributed by atoms with van der Waals surface area (Å²) in [4.78, 5) is 19.8. The van der Waals surface area contributed by atoms with E-state index < -0.39 is 0 Å². The molecule has 0 atom stereocenters. The third-order valence-corrected chi connectivity index (χ3v) is 4.94. The number of rotatable bonds is 3. The lowest BCUT2D eigenvalue weighted by molar-refractivity contribution is 0.313. The van der Waals surface area contributed by atoms with Crippen molar-refractivity contribution >= 4 is 11.8 Å². The fraction of sp³-hybridized carbons (Fsp3) is 0.588. The molecule has 0 unspecified atom stereocenters. The van der Waals surface area contributed by atoms with E-state index in [1.165, 1.54) is 11.3 Å². The van der Waals surface area contributed by atoms with Crippen molar-refractivity contribution in [3.63, 3.8) is 0 Å². The summed E-state index contributed by atoms with van der Waals surface area (Å²) < 4.78 is 0. The largest absolute Gasteiger partial charge is 0.369 e. The molecule has 0 bridgehead atoms. The van der Waals surface area contributed by atoms with Gasteiger partial charge in [-0.25, -0.2) is 4.79 Å². The zero-order valence-corrected chi connectivity index (χ0v) is 12.7. The maximum atomic E-state index is 10.9. The van der Waals surface area contributed by atoms with Gasteiger partial charge in [-0.2, -0.15) is 4.99 Å². The van der Waals surface area contributed by atoms with Crippen LogP contribution in [0.2, 0.25) is 0 Å². The van der Waals surface area contributed by atoms with E-state index in [1.54, 1.807) is 0 Å². The van der Waals surface area contributed by atoms with E-state index in [4.69, 9.17) is 0 Å². The van der Waals surface area contributed by atoms with Gasteiger partial charge in [-0.1, -0.05) is 25.0 Å². The maximum Gasteiger partial charge on any atom is 0.235 e. The molecule has 2 aliphatic rings. The number of aliphatic imine (C=N–C) groups is 1. The van der Waals surface area contributed by atoms with Crippen molar-refractivity contribution in [1.82, 2.24) is 4.90 Å². The van der Waals surface area contributed by atoms with Gasteiger partial charge in [0.25, 0.3) is 0 Å². The zero-order valence-electron chi connectivity index (χ0n) is 12.7. The molecule has 0 aromatic heterocycles. The Kier molecular flexibility index (Phi) is 4.09. The second-order valence-corrected chi connectivity index (χ2v) is 6.28. The van der Waals surface area contributed by atoms with Gasteiger partial charge in [0.15, 0.2) is 0 Å². The van der Waals surface area contributed by atoms with Crippen molar-refractivity contribution in [1.29, 1.82) is 0 Å². The lowest BCUT2D eigenvalue weighted by Crippen LogP contribution is -2.44. The number of anilines is 1. The maximum absolute atomic E-state index is 10.9. The Morgan fingerprint density at radius 2 is 1.86 bits per heavy atom. The standard InChI is InChI=1S/C17H23N3O/c1-19-9-11-20(12-10-19)16-6-4-5-15(13-16)17(18-14-21)7-2-3-8-17/h4-6,13H,2-3,7-12H2,1H3. The molecule has 1 saturated heterocycles. The molecule has 1 aromatic carbocycles. The first-order chi connectivity index (χ1) is 10.2.